The molecule has 2 aliphatic carbocycles. The molecule has 3 nitrogen and oxygen atoms in total. The summed E-state index contributed by atoms with van der Waals surface area (Å²) in [6.45, 7) is 0. The molecule has 2 aliphatic rings. The van der Waals surface area contributed by atoms with Gasteiger partial charge in [0.2, 0.25) is 0 Å². The lowest BCUT2D eigenvalue weighted by atomic mass is 10.2. The van der Waals surface area contributed by atoms with Crippen molar-refractivity contribution in [3.63, 3.8) is 0 Å². The zero-order valence-electron chi connectivity index (χ0n) is 8.58. The first-order valence-electron chi connectivity index (χ1n) is 5.59. The SMILES string of the molecule is NC(=NC1CCCC1)NC1CC=CC1. The van der Waals surface area contributed by atoms with Gasteiger partial charge in [0.05, 0.1) is 6.04 Å². The van der Waals surface area contributed by atoms with E-state index in [1.165, 1.54) is 25.7 Å². The highest BCUT2D eigenvalue weighted by Crippen LogP contribution is 2.20. The summed E-state index contributed by atoms with van der Waals surface area (Å²) in [5, 5.41) is 3.27. The van der Waals surface area contributed by atoms with Gasteiger partial charge in [-0.15, -0.1) is 0 Å². The number of nitrogens with one attached hydrogen (secondary N) is 1. The summed E-state index contributed by atoms with van der Waals surface area (Å²) in [6.07, 6.45) is 11.6. The molecule has 0 atom stereocenters. The van der Waals surface area contributed by atoms with E-state index in [1.807, 2.05) is 0 Å². The molecule has 0 spiro atoms. The van der Waals surface area contributed by atoms with E-state index in [4.69, 9.17) is 5.73 Å². The Morgan fingerprint density at radius 3 is 2.50 bits per heavy atom. The van der Waals surface area contributed by atoms with Crippen molar-refractivity contribution in [3.8, 4) is 0 Å². The molecule has 0 bridgehead atoms. The normalized spacial score (nSPS) is 24.7. The summed E-state index contributed by atoms with van der Waals surface area (Å²) < 4.78 is 0. The first-order chi connectivity index (χ1) is 6.84. The van der Waals surface area contributed by atoms with Crippen molar-refractivity contribution in [1.82, 2.24) is 5.32 Å². The van der Waals surface area contributed by atoms with Crippen LogP contribution in [0.4, 0.5) is 0 Å². The molecule has 0 aromatic carbocycles. The monoisotopic (exact) mass is 193 g/mol. The predicted octanol–water partition coefficient (Wildman–Crippen LogP) is 1.55. The smallest absolute Gasteiger partial charge is 0.189 e. The average Bonchev–Trinajstić information content (AvgIpc) is 2.76. The largest absolute Gasteiger partial charge is 0.370 e. The summed E-state index contributed by atoms with van der Waals surface area (Å²) in [6, 6.07) is 0.969. The number of aliphatic imine (C=N–C) groups is 1. The van der Waals surface area contributed by atoms with E-state index in [9.17, 15) is 0 Å². The zero-order chi connectivity index (χ0) is 9.80. The molecule has 0 radical (unpaired) electrons. The molecule has 1 saturated carbocycles. The molecule has 0 unspecified atom stereocenters. The summed E-state index contributed by atoms with van der Waals surface area (Å²) >= 11 is 0. The van der Waals surface area contributed by atoms with Crippen LogP contribution in [0.15, 0.2) is 17.1 Å². The fraction of sp³-hybridized carbons (Fsp3) is 0.727. The number of nitrogens with two attached hydrogens (primary N) is 1. The third-order valence-electron chi connectivity index (χ3n) is 3.01. The Labute approximate surface area is 85.5 Å². The second-order valence-corrected chi connectivity index (χ2v) is 4.24. The zero-order valence-corrected chi connectivity index (χ0v) is 8.58. The molecule has 1 fully saturated rings. The van der Waals surface area contributed by atoms with Gasteiger partial charge in [-0.05, 0) is 25.7 Å². The van der Waals surface area contributed by atoms with Gasteiger partial charge in [0.25, 0.3) is 0 Å². The van der Waals surface area contributed by atoms with Crippen molar-refractivity contribution in [1.29, 1.82) is 0 Å². The molecule has 3 heteroatoms. The number of guanidine groups is 1. The summed E-state index contributed by atoms with van der Waals surface area (Å²) in [5.41, 5.74) is 5.84. The third kappa shape index (κ3) is 2.50. The topological polar surface area (TPSA) is 50.4 Å². The van der Waals surface area contributed by atoms with E-state index in [0.717, 1.165) is 12.8 Å². The van der Waals surface area contributed by atoms with Gasteiger partial charge in [-0.1, -0.05) is 25.0 Å². The Hall–Kier alpha value is -0.990. The molecular weight excluding hydrogens is 174 g/mol. The highest BCUT2D eigenvalue weighted by Gasteiger charge is 2.15. The molecule has 2 rings (SSSR count). The quantitative estimate of drug-likeness (QED) is 0.397. The van der Waals surface area contributed by atoms with Crippen molar-refractivity contribution in [2.75, 3.05) is 0 Å². The maximum absolute atomic E-state index is 5.84. The lowest BCUT2D eigenvalue weighted by Crippen LogP contribution is -2.39. The fourth-order valence-electron chi connectivity index (χ4n) is 2.21. The summed E-state index contributed by atoms with van der Waals surface area (Å²) in [5.74, 6) is 0.644. The minimum atomic E-state index is 0.483. The van der Waals surface area contributed by atoms with E-state index in [-0.39, 0.29) is 0 Å². The van der Waals surface area contributed by atoms with E-state index in [2.05, 4.69) is 22.5 Å². The first kappa shape index (κ1) is 9.56. The van der Waals surface area contributed by atoms with Crippen molar-refractivity contribution < 1.29 is 0 Å². The highest BCUT2D eigenvalue weighted by atomic mass is 15.1. The van der Waals surface area contributed by atoms with Crippen molar-refractivity contribution in [2.24, 2.45) is 10.7 Å². The Balaban J connectivity index is 1.78. The lowest BCUT2D eigenvalue weighted by Gasteiger charge is -2.13. The molecule has 0 aromatic heterocycles. The number of hydrogen-bond acceptors (Lipinski definition) is 1. The van der Waals surface area contributed by atoms with Crippen LogP contribution in [0.25, 0.3) is 0 Å². The first-order valence-corrected chi connectivity index (χ1v) is 5.59. The van der Waals surface area contributed by atoms with Crippen LogP contribution in [-0.2, 0) is 0 Å². The lowest BCUT2D eigenvalue weighted by molar-refractivity contribution is 0.633. The molecule has 0 aromatic rings. The van der Waals surface area contributed by atoms with Crippen molar-refractivity contribution in [3.05, 3.63) is 12.2 Å². The number of nitrogens with zero attached hydrogens (tertiary/aromatic N) is 1. The average molecular weight is 193 g/mol. The second kappa shape index (κ2) is 4.49. The van der Waals surface area contributed by atoms with Gasteiger partial charge in [0.15, 0.2) is 5.96 Å². The van der Waals surface area contributed by atoms with E-state index < -0.39 is 0 Å². The Bertz CT molecular complexity index is 231. The van der Waals surface area contributed by atoms with Crippen LogP contribution in [0.1, 0.15) is 38.5 Å². The maximum Gasteiger partial charge on any atom is 0.189 e. The van der Waals surface area contributed by atoms with Gasteiger partial charge in [-0.2, -0.15) is 0 Å². The van der Waals surface area contributed by atoms with Gasteiger partial charge in [-0.25, -0.2) is 0 Å². The van der Waals surface area contributed by atoms with Crippen LogP contribution < -0.4 is 11.1 Å². The van der Waals surface area contributed by atoms with Crippen LogP contribution >= 0.6 is 0 Å². The van der Waals surface area contributed by atoms with Crippen molar-refractivity contribution >= 4 is 5.96 Å². The van der Waals surface area contributed by atoms with Gasteiger partial charge in [0, 0.05) is 6.04 Å². The molecule has 14 heavy (non-hydrogen) atoms. The molecule has 78 valence electrons. The van der Waals surface area contributed by atoms with Crippen LogP contribution in [0.2, 0.25) is 0 Å². The maximum atomic E-state index is 5.84. The summed E-state index contributed by atoms with van der Waals surface area (Å²) in [4.78, 5) is 4.50. The van der Waals surface area contributed by atoms with Crippen LogP contribution in [0, 0.1) is 0 Å². The standard InChI is InChI=1S/C11H19N3/c12-11(13-9-5-1-2-6-9)14-10-7-3-4-8-10/h1-2,9-10H,3-8H2,(H3,12,13,14). The molecule has 0 aliphatic heterocycles. The van der Waals surface area contributed by atoms with E-state index in [1.54, 1.807) is 0 Å². The molecular formula is C11H19N3. The molecule has 0 amide bonds. The van der Waals surface area contributed by atoms with Crippen molar-refractivity contribution in [2.45, 2.75) is 50.6 Å². The Kier molecular flexibility index (Phi) is 3.07. The fourth-order valence-corrected chi connectivity index (χ4v) is 2.21. The predicted molar refractivity (Wildman–Crippen MR) is 59.2 cm³/mol. The number of rotatable bonds is 2. The summed E-state index contributed by atoms with van der Waals surface area (Å²) in [7, 11) is 0. The number of hydrogen-bond donors (Lipinski definition) is 2. The van der Waals surface area contributed by atoms with Gasteiger partial charge in [-0.3, -0.25) is 4.99 Å². The van der Waals surface area contributed by atoms with Crippen LogP contribution in [0.5, 0.6) is 0 Å². The van der Waals surface area contributed by atoms with E-state index >= 15 is 0 Å². The molecule has 3 N–H and O–H groups in total. The van der Waals surface area contributed by atoms with Gasteiger partial charge >= 0.3 is 0 Å². The minimum absolute atomic E-state index is 0.483. The minimum Gasteiger partial charge on any atom is -0.370 e. The van der Waals surface area contributed by atoms with Gasteiger partial charge < -0.3 is 11.1 Å². The van der Waals surface area contributed by atoms with E-state index in [0.29, 0.717) is 18.0 Å². The molecule has 0 saturated heterocycles. The van der Waals surface area contributed by atoms with Crippen LogP contribution in [0.3, 0.4) is 0 Å². The third-order valence-corrected chi connectivity index (χ3v) is 3.01. The van der Waals surface area contributed by atoms with Gasteiger partial charge in [0.1, 0.15) is 0 Å². The Morgan fingerprint density at radius 1 is 1.21 bits per heavy atom. The second-order valence-electron chi connectivity index (χ2n) is 4.24. The molecule has 0 heterocycles. The Morgan fingerprint density at radius 2 is 1.86 bits per heavy atom. The van der Waals surface area contributed by atoms with Crippen LogP contribution in [-0.4, -0.2) is 18.0 Å². The highest BCUT2D eigenvalue weighted by molar-refractivity contribution is 5.78.